The number of benzene rings is 1. The molecule has 1 fully saturated rings. The van der Waals surface area contributed by atoms with E-state index in [9.17, 15) is 4.79 Å². The summed E-state index contributed by atoms with van der Waals surface area (Å²) in [5.74, 6) is 1.76. The van der Waals surface area contributed by atoms with Crippen molar-refractivity contribution in [1.82, 2.24) is 10.2 Å². The van der Waals surface area contributed by atoms with E-state index >= 15 is 0 Å². The number of rotatable bonds is 4. The zero-order valence-electron chi connectivity index (χ0n) is 11.9. The molecule has 3 N–H and O–H groups in total. The minimum atomic E-state index is 0.0817. The summed E-state index contributed by atoms with van der Waals surface area (Å²) in [6.07, 6.45) is 0.501. The smallest absolute Gasteiger partial charge is 0.228 e. The maximum Gasteiger partial charge on any atom is 0.228 e. The Labute approximate surface area is 122 Å². The molecular weight excluding hydrogens is 268 g/mol. The summed E-state index contributed by atoms with van der Waals surface area (Å²) in [4.78, 5) is 13.7. The van der Waals surface area contributed by atoms with E-state index in [4.69, 9.17) is 10.5 Å². The van der Waals surface area contributed by atoms with Gasteiger partial charge >= 0.3 is 0 Å². The van der Waals surface area contributed by atoms with Gasteiger partial charge in [0.15, 0.2) is 5.82 Å². The number of aromatic amines is 1. The van der Waals surface area contributed by atoms with Gasteiger partial charge in [0.05, 0.1) is 12.8 Å². The molecule has 0 bridgehead atoms. The fourth-order valence-electron chi connectivity index (χ4n) is 2.53. The summed E-state index contributed by atoms with van der Waals surface area (Å²) in [7, 11) is 1.64. The Morgan fingerprint density at radius 2 is 2.19 bits per heavy atom. The number of ether oxygens (including phenoxy) is 1. The van der Waals surface area contributed by atoms with Crippen molar-refractivity contribution in [2.24, 2.45) is 11.7 Å². The third-order valence-corrected chi connectivity index (χ3v) is 3.78. The highest BCUT2D eigenvalue weighted by atomic mass is 16.5. The lowest BCUT2D eigenvalue weighted by atomic mass is 10.1. The maximum absolute atomic E-state index is 12.0. The van der Waals surface area contributed by atoms with Crippen LogP contribution >= 0.6 is 0 Å². The van der Waals surface area contributed by atoms with Gasteiger partial charge in [-0.1, -0.05) is 0 Å². The Bertz CT molecular complexity index is 635. The van der Waals surface area contributed by atoms with Gasteiger partial charge in [-0.15, -0.1) is 0 Å². The van der Waals surface area contributed by atoms with E-state index in [1.165, 1.54) is 0 Å². The van der Waals surface area contributed by atoms with Gasteiger partial charge in [0.2, 0.25) is 5.91 Å². The van der Waals surface area contributed by atoms with Gasteiger partial charge in [-0.05, 0) is 42.3 Å². The van der Waals surface area contributed by atoms with Gasteiger partial charge in [-0.3, -0.25) is 14.8 Å². The molecule has 0 aliphatic carbocycles. The average Bonchev–Trinajstić information content (AvgIpc) is 3.13. The van der Waals surface area contributed by atoms with Crippen LogP contribution in [-0.2, 0) is 4.79 Å². The zero-order chi connectivity index (χ0) is 14.8. The number of hydrogen-bond acceptors (Lipinski definition) is 4. The molecule has 1 saturated heterocycles. The molecule has 2 aromatic rings. The lowest BCUT2D eigenvalue weighted by molar-refractivity contribution is -0.117. The molecule has 2 heterocycles. The van der Waals surface area contributed by atoms with Gasteiger partial charge in [0.25, 0.3) is 0 Å². The molecule has 0 saturated carbocycles. The van der Waals surface area contributed by atoms with Crippen molar-refractivity contribution in [3.63, 3.8) is 0 Å². The van der Waals surface area contributed by atoms with E-state index < -0.39 is 0 Å². The van der Waals surface area contributed by atoms with Gasteiger partial charge in [0.1, 0.15) is 5.75 Å². The number of carbonyl (C=O) groups is 1. The van der Waals surface area contributed by atoms with Crippen LogP contribution in [0.4, 0.5) is 5.82 Å². The predicted octanol–water partition coefficient (Wildman–Crippen LogP) is 1.40. The second-order valence-corrected chi connectivity index (χ2v) is 5.18. The molecule has 21 heavy (non-hydrogen) atoms. The van der Waals surface area contributed by atoms with E-state index in [2.05, 4.69) is 10.2 Å². The Balaban J connectivity index is 1.81. The van der Waals surface area contributed by atoms with E-state index in [0.29, 0.717) is 25.3 Å². The SMILES string of the molecule is COc1ccc(-c2cc(N3CC(CN)CC3=O)n[nH]2)cc1. The van der Waals surface area contributed by atoms with Gasteiger partial charge in [-0.2, -0.15) is 5.10 Å². The molecule has 1 aliphatic heterocycles. The standard InChI is InChI=1S/C15H18N4O2/c1-21-12-4-2-11(3-5-12)13-7-14(18-17-13)19-9-10(8-16)6-15(19)20/h2-5,7,10H,6,8-9,16H2,1H3,(H,17,18). The van der Waals surface area contributed by atoms with Crippen molar-refractivity contribution in [2.45, 2.75) is 6.42 Å². The molecule has 1 aromatic heterocycles. The van der Waals surface area contributed by atoms with Crippen LogP contribution in [0.1, 0.15) is 6.42 Å². The fraction of sp³-hybridized carbons (Fsp3) is 0.333. The third kappa shape index (κ3) is 2.62. The molecule has 3 rings (SSSR count). The Hall–Kier alpha value is -2.34. The number of hydrogen-bond donors (Lipinski definition) is 2. The molecule has 1 aromatic carbocycles. The first-order valence-corrected chi connectivity index (χ1v) is 6.91. The predicted molar refractivity (Wildman–Crippen MR) is 80.1 cm³/mol. The van der Waals surface area contributed by atoms with Crippen LogP contribution in [0.3, 0.4) is 0 Å². The van der Waals surface area contributed by atoms with Crippen LogP contribution in [0.15, 0.2) is 30.3 Å². The number of nitrogens with one attached hydrogen (secondary N) is 1. The second-order valence-electron chi connectivity index (χ2n) is 5.18. The number of H-pyrrole nitrogens is 1. The van der Waals surface area contributed by atoms with Crippen LogP contribution in [-0.4, -0.2) is 36.3 Å². The summed E-state index contributed by atoms with van der Waals surface area (Å²) < 4.78 is 5.14. The van der Waals surface area contributed by atoms with E-state index in [-0.39, 0.29) is 11.8 Å². The maximum atomic E-state index is 12.0. The summed E-state index contributed by atoms with van der Waals surface area (Å²) in [6, 6.07) is 9.57. The molecule has 0 spiro atoms. The van der Waals surface area contributed by atoms with Crippen LogP contribution in [0.25, 0.3) is 11.3 Å². The quantitative estimate of drug-likeness (QED) is 0.889. The second kappa shape index (κ2) is 5.57. The molecule has 1 atom stereocenters. The third-order valence-electron chi connectivity index (χ3n) is 3.78. The molecule has 1 unspecified atom stereocenters. The molecular formula is C15H18N4O2. The number of nitrogens with two attached hydrogens (primary N) is 1. The van der Waals surface area contributed by atoms with E-state index in [1.54, 1.807) is 12.0 Å². The van der Waals surface area contributed by atoms with Crippen molar-refractivity contribution in [2.75, 3.05) is 25.1 Å². The summed E-state index contributed by atoms with van der Waals surface area (Å²) in [5.41, 5.74) is 7.51. The molecule has 1 amide bonds. The first-order valence-electron chi connectivity index (χ1n) is 6.91. The van der Waals surface area contributed by atoms with E-state index in [0.717, 1.165) is 17.0 Å². The zero-order valence-corrected chi connectivity index (χ0v) is 11.9. The normalized spacial score (nSPS) is 18.3. The number of aromatic nitrogens is 2. The first-order chi connectivity index (χ1) is 10.2. The highest BCUT2D eigenvalue weighted by molar-refractivity contribution is 5.95. The number of amides is 1. The van der Waals surface area contributed by atoms with Crippen molar-refractivity contribution in [3.8, 4) is 17.0 Å². The summed E-state index contributed by atoms with van der Waals surface area (Å²) >= 11 is 0. The Kier molecular flexibility index (Phi) is 3.62. The summed E-state index contributed by atoms with van der Waals surface area (Å²) in [6.45, 7) is 1.17. The van der Waals surface area contributed by atoms with Gasteiger partial charge in [-0.25, -0.2) is 0 Å². The van der Waals surface area contributed by atoms with Gasteiger partial charge in [0, 0.05) is 19.0 Å². The van der Waals surface area contributed by atoms with Crippen molar-refractivity contribution in [3.05, 3.63) is 30.3 Å². The van der Waals surface area contributed by atoms with Crippen LogP contribution in [0, 0.1) is 5.92 Å². The summed E-state index contributed by atoms with van der Waals surface area (Å²) in [5, 5.41) is 7.22. The molecule has 6 nitrogen and oxygen atoms in total. The Morgan fingerprint density at radius 1 is 1.43 bits per heavy atom. The fourth-order valence-corrected chi connectivity index (χ4v) is 2.53. The number of nitrogens with zero attached hydrogens (tertiary/aromatic N) is 2. The van der Waals surface area contributed by atoms with Crippen molar-refractivity contribution in [1.29, 1.82) is 0 Å². The Morgan fingerprint density at radius 3 is 2.81 bits per heavy atom. The average molecular weight is 286 g/mol. The van der Waals surface area contributed by atoms with Crippen molar-refractivity contribution >= 4 is 11.7 Å². The molecule has 0 radical (unpaired) electrons. The molecule has 6 heteroatoms. The molecule has 110 valence electrons. The van der Waals surface area contributed by atoms with Gasteiger partial charge < -0.3 is 10.5 Å². The van der Waals surface area contributed by atoms with Crippen LogP contribution < -0.4 is 15.4 Å². The van der Waals surface area contributed by atoms with E-state index in [1.807, 2.05) is 30.3 Å². The monoisotopic (exact) mass is 286 g/mol. The minimum Gasteiger partial charge on any atom is -0.497 e. The van der Waals surface area contributed by atoms with Crippen LogP contribution in [0.2, 0.25) is 0 Å². The lowest BCUT2D eigenvalue weighted by Gasteiger charge is -2.12. The largest absolute Gasteiger partial charge is 0.497 e. The molecule has 1 aliphatic rings. The number of carbonyl (C=O) groups excluding carboxylic acids is 1. The number of methoxy groups -OCH3 is 1. The topological polar surface area (TPSA) is 84.2 Å². The van der Waals surface area contributed by atoms with Crippen molar-refractivity contribution < 1.29 is 9.53 Å². The number of anilines is 1. The highest BCUT2D eigenvalue weighted by Gasteiger charge is 2.31. The lowest BCUT2D eigenvalue weighted by Crippen LogP contribution is -2.26. The minimum absolute atomic E-state index is 0.0817. The highest BCUT2D eigenvalue weighted by Crippen LogP contribution is 2.27. The first kappa shape index (κ1) is 13.6. The van der Waals surface area contributed by atoms with Crippen LogP contribution in [0.5, 0.6) is 5.75 Å².